The van der Waals surface area contributed by atoms with Gasteiger partial charge in [0.25, 0.3) is 5.69 Å². The number of rotatable bonds is 5. The molecule has 0 spiro atoms. The van der Waals surface area contributed by atoms with E-state index in [1.165, 1.54) is 22.9 Å². The van der Waals surface area contributed by atoms with Gasteiger partial charge in [0.2, 0.25) is 0 Å². The van der Waals surface area contributed by atoms with Gasteiger partial charge in [0.15, 0.2) is 11.7 Å². The van der Waals surface area contributed by atoms with Crippen molar-refractivity contribution in [2.45, 2.75) is 32.2 Å². The van der Waals surface area contributed by atoms with E-state index in [2.05, 4.69) is 9.93 Å². The van der Waals surface area contributed by atoms with E-state index in [1.54, 1.807) is 57.3 Å². The summed E-state index contributed by atoms with van der Waals surface area (Å²) in [5.41, 5.74) is 0.0159. The number of halogens is 3. The van der Waals surface area contributed by atoms with Gasteiger partial charge >= 0.3 is 5.97 Å². The summed E-state index contributed by atoms with van der Waals surface area (Å²) in [4.78, 5) is 19.5. The molecule has 7 heteroatoms. The van der Waals surface area contributed by atoms with Crippen molar-refractivity contribution in [1.29, 1.82) is 0 Å². The summed E-state index contributed by atoms with van der Waals surface area (Å²) in [6.45, 7) is 5.36. The maximum Gasteiger partial charge on any atom is 0.442 e. The second-order valence-corrected chi connectivity index (χ2v) is 7.26. The van der Waals surface area contributed by atoms with Gasteiger partial charge in [-0.1, -0.05) is 13.0 Å². The predicted molar refractivity (Wildman–Crippen MR) is 100 cm³/mol. The van der Waals surface area contributed by atoms with Crippen molar-refractivity contribution >= 4 is 5.97 Å². The quantitative estimate of drug-likeness (QED) is 0.572. The molecule has 0 N–H and O–H groups in total. The van der Waals surface area contributed by atoms with E-state index in [1.807, 2.05) is 0 Å². The van der Waals surface area contributed by atoms with Crippen molar-refractivity contribution in [2.75, 3.05) is 0 Å². The lowest BCUT2D eigenvalue weighted by atomic mass is 9.79. The highest BCUT2D eigenvalue weighted by atomic mass is 19.3. The third kappa shape index (κ3) is 3.85. The molecule has 0 aliphatic rings. The summed E-state index contributed by atoms with van der Waals surface area (Å²) in [5, 5.41) is 0. The molecule has 0 saturated heterocycles. The molecule has 1 aromatic carbocycles. The van der Waals surface area contributed by atoms with E-state index in [-0.39, 0.29) is 11.3 Å². The molecule has 3 aromatic rings. The fourth-order valence-electron chi connectivity index (χ4n) is 3.46. The van der Waals surface area contributed by atoms with E-state index in [4.69, 9.17) is 0 Å². The number of hydrogen-bond acceptors (Lipinski definition) is 3. The van der Waals surface area contributed by atoms with Crippen LogP contribution in [0.15, 0.2) is 60.9 Å². The second-order valence-electron chi connectivity index (χ2n) is 7.26. The van der Waals surface area contributed by atoms with Gasteiger partial charge in [-0.15, -0.1) is 0 Å². The van der Waals surface area contributed by atoms with Crippen molar-refractivity contribution < 1.29 is 27.6 Å². The molecule has 29 heavy (non-hydrogen) atoms. The first kappa shape index (κ1) is 20.5. The van der Waals surface area contributed by atoms with E-state index in [0.717, 1.165) is 6.07 Å². The molecule has 2 aromatic heterocycles. The zero-order chi connectivity index (χ0) is 21.2. The molecule has 1 unspecified atom stereocenters. The molecular formula is C22H20F3N2O2+. The van der Waals surface area contributed by atoms with E-state index < -0.39 is 29.1 Å². The summed E-state index contributed by atoms with van der Waals surface area (Å²) < 4.78 is 43.1. The van der Waals surface area contributed by atoms with Crippen LogP contribution in [0.2, 0.25) is 0 Å². The van der Waals surface area contributed by atoms with Crippen LogP contribution in [0.3, 0.4) is 0 Å². The van der Waals surface area contributed by atoms with Crippen LogP contribution in [0.1, 0.15) is 42.7 Å². The Balaban J connectivity index is 2.19. The van der Waals surface area contributed by atoms with E-state index >= 15 is 0 Å². The predicted octanol–water partition coefficient (Wildman–Crippen LogP) is 4.89. The number of hydrogen-bond donors (Lipinski definition) is 0. The van der Waals surface area contributed by atoms with Crippen molar-refractivity contribution in [1.82, 2.24) is 4.98 Å². The van der Waals surface area contributed by atoms with Gasteiger partial charge in [0.1, 0.15) is 11.6 Å². The highest BCUT2D eigenvalue weighted by Gasteiger charge is 2.42. The Morgan fingerprint density at radius 3 is 2.52 bits per heavy atom. The Hall–Kier alpha value is -3.22. The van der Waals surface area contributed by atoms with Gasteiger partial charge in [0, 0.05) is 54.3 Å². The summed E-state index contributed by atoms with van der Waals surface area (Å²) in [5.74, 6) is -3.10. The first-order chi connectivity index (χ1) is 13.8. The molecule has 0 fully saturated rings. The van der Waals surface area contributed by atoms with Crippen LogP contribution in [-0.4, -0.2) is 11.0 Å². The minimum absolute atomic E-state index is 0.0249. The lowest BCUT2D eigenvalue weighted by molar-refractivity contribution is -0.763. The monoisotopic (exact) mass is 401 g/mol. The SMILES string of the molecule is CC(c1cc(F)cc(F)c1-c1ccccn1)C(C)(C)[n+]1ccccc1C(=O)OF. The Morgan fingerprint density at radius 1 is 1.14 bits per heavy atom. The number of nitrogens with zero attached hydrogens (tertiary/aromatic N) is 2. The molecule has 0 aliphatic carbocycles. The number of pyridine rings is 2. The Kier molecular flexibility index (Phi) is 5.68. The summed E-state index contributed by atoms with van der Waals surface area (Å²) in [6, 6.07) is 11.8. The Labute approximate surface area is 166 Å². The third-order valence-electron chi connectivity index (χ3n) is 5.29. The molecule has 3 rings (SSSR count). The average Bonchev–Trinajstić information content (AvgIpc) is 2.72. The van der Waals surface area contributed by atoms with Gasteiger partial charge in [-0.05, 0) is 29.8 Å². The number of carbonyl (C=O) groups excluding carboxylic acids is 1. The molecule has 0 aliphatic heterocycles. The first-order valence-electron chi connectivity index (χ1n) is 9.01. The van der Waals surface area contributed by atoms with Gasteiger partial charge in [-0.25, -0.2) is 18.5 Å². The maximum atomic E-state index is 14.8. The lowest BCUT2D eigenvalue weighted by Gasteiger charge is -2.29. The van der Waals surface area contributed by atoms with Crippen LogP contribution < -0.4 is 4.57 Å². The van der Waals surface area contributed by atoms with Crippen LogP contribution in [0, 0.1) is 11.6 Å². The number of aromatic nitrogens is 2. The summed E-state index contributed by atoms with van der Waals surface area (Å²) in [6.07, 6.45) is 3.12. The van der Waals surface area contributed by atoms with E-state index in [0.29, 0.717) is 11.3 Å². The Bertz CT molecular complexity index is 1040. The topological polar surface area (TPSA) is 43.1 Å². The fraction of sp³-hybridized carbons (Fsp3) is 0.227. The smallest absolute Gasteiger partial charge is 0.256 e. The number of benzene rings is 1. The highest BCUT2D eigenvalue weighted by Crippen LogP contribution is 2.38. The minimum Gasteiger partial charge on any atom is -0.256 e. The second kappa shape index (κ2) is 8.03. The molecule has 150 valence electrons. The molecule has 2 heterocycles. The summed E-state index contributed by atoms with van der Waals surface area (Å²) >= 11 is 0. The molecule has 0 amide bonds. The van der Waals surface area contributed by atoms with Crippen molar-refractivity contribution in [3.63, 3.8) is 0 Å². The van der Waals surface area contributed by atoms with Crippen LogP contribution >= 0.6 is 0 Å². The largest absolute Gasteiger partial charge is 0.442 e. The van der Waals surface area contributed by atoms with Crippen molar-refractivity contribution in [3.05, 3.63) is 83.8 Å². The summed E-state index contributed by atoms with van der Waals surface area (Å²) in [7, 11) is 0. The molecule has 0 radical (unpaired) electrons. The molecule has 0 bridgehead atoms. The maximum absolute atomic E-state index is 14.8. The van der Waals surface area contributed by atoms with Gasteiger partial charge < -0.3 is 0 Å². The van der Waals surface area contributed by atoms with Crippen LogP contribution in [0.5, 0.6) is 0 Å². The van der Waals surface area contributed by atoms with Crippen LogP contribution in [0.4, 0.5) is 13.3 Å². The molecular weight excluding hydrogens is 381 g/mol. The van der Waals surface area contributed by atoms with Crippen LogP contribution in [0.25, 0.3) is 11.3 Å². The van der Waals surface area contributed by atoms with Gasteiger partial charge in [-0.3, -0.25) is 4.98 Å². The molecule has 4 nitrogen and oxygen atoms in total. The number of carbonyl (C=O) groups is 1. The zero-order valence-electron chi connectivity index (χ0n) is 16.2. The normalized spacial score (nSPS) is 12.5. The van der Waals surface area contributed by atoms with Crippen molar-refractivity contribution in [2.24, 2.45) is 0 Å². The Morgan fingerprint density at radius 2 is 1.86 bits per heavy atom. The minimum atomic E-state index is -1.15. The van der Waals surface area contributed by atoms with Crippen molar-refractivity contribution in [3.8, 4) is 11.3 Å². The van der Waals surface area contributed by atoms with Gasteiger partial charge in [0.05, 0.1) is 5.69 Å². The highest BCUT2D eigenvalue weighted by molar-refractivity contribution is 5.85. The van der Waals surface area contributed by atoms with Crippen LogP contribution in [-0.2, 0) is 10.5 Å². The van der Waals surface area contributed by atoms with E-state index in [9.17, 15) is 18.1 Å². The lowest BCUT2D eigenvalue weighted by Crippen LogP contribution is -2.58. The zero-order valence-corrected chi connectivity index (χ0v) is 16.2. The fourth-order valence-corrected chi connectivity index (χ4v) is 3.46. The first-order valence-corrected chi connectivity index (χ1v) is 9.01. The third-order valence-corrected chi connectivity index (χ3v) is 5.29. The van der Waals surface area contributed by atoms with Gasteiger partial charge in [-0.2, -0.15) is 4.57 Å². The average molecular weight is 401 g/mol. The standard InChI is InChI=1S/C22H20F3N2O2/c1-14(22(2,3)27-11-7-5-9-19(27)21(28)29-25)16-12-15(23)13-17(24)20(16)18-8-4-6-10-26-18/h4-14H,1-3H3/q+1. The molecule has 0 saturated carbocycles. The molecule has 1 atom stereocenters.